The molecule has 18 heavy (non-hydrogen) atoms. The number of rotatable bonds is 1. The molecule has 0 aliphatic carbocycles. The van der Waals surface area contributed by atoms with Crippen LogP contribution in [-0.4, -0.2) is 31.2 Å². The molecule has 1 aliphatic heterocycles. The van der Waals surface area contributed by atoms with Crippen molar-refractivity contribution in [2.24, 2.45) is 0 Å². The fraction of sp³-hybridized carbons (Fsp3) is 0.308. The average molecular weight is 263 g/mol. The second-order valence-corrected chi connectivity index (χ2v) is 4.84. The lowest BCUT2D eigenvalue weighted by atomic mass is 10.1. The van der Waals surface area contributed by atoms with Gasteiger partial charge in [-0.05, 0) is 6.07 Å². The Kier molecular flexibility index (Phi) is 2.97. The SMILES string of the molecule is Nc1ncc2c(Cl)cccc2c1N1CCNCC1. The molecule has 1 aromatic carbocycles. The van der Waals surface area contributed by atoms with Crippen LogP contribution in [0.2, 0.25) is 5.02 Å². The topological polar surface area (TPSA) is 54.2 Å². The highest BCUT2D eigenvalue weighted by molar-refractivity contribution is 6.36. The van der Waals surface area contributed by atoms with Gasteiger partial charge in [0.2, 0.25) is 0 Å². The van der Waals surface area contributed by atoms with Crippen LogP contribution in [0.3, 0.4) is 0 Å². The molecule has 94 valence electrons. The lowest BCUT2D eigenvalue weighted by Gasteiger charge is -2.31. The summed E-state index contributed by atoms with van der Waals surface area (Å²) in [4.78, 5) is 6.55. The molecule has 5 heteroatoms. The number of pyridine rings is 1. The summed E-state index contributed by atoms with van der Waals surface area (Å²) in [5, 5.41) is 6.09. The molecule has 0 spiro atoms. The smallest absolute Gasteiger partial charge is 0.147 e. The Morgan fingerprint density at radius 3 is 2.78 bits per heavy atom. The quantitative estimate of drug-likeness (QED) is 0.824. The van der Waals surface area contributed by atoms with Gasteiger partial charge in [-0.3, -0.25) is 0 Å². The van der Waals surface area contributed by atoms with Gasteiger partial charge in [0.05, 0.1) is 10.7 Å². The summed E-state index contributed by atoms with van der Waals surface area (Å²) in [5.74, 6) is 0.576. The number of nitrogens with one attached hydrogen (secondary N) is 1. The number of piperazine rings is 1. The van der Waals surface area contributed by atoms with Crippen LogP contribution in [0.1, 0.15) is 0 Å². The first-order chi connectivity index (χ1) is 8.77. The standard InChI is InChI=1S/C13H15ClN4/c14-11-3-1-2-9-10(11)8-17-13(15)12(9)18-6-4-16-5-7-18/h1-3,8,16H,4-7H2,(H2,15,17). The number of benzene rings is 1. The third-order valence-corrected chi connectivity index (χ3v) is 3.65. The van der Waals surface area contributed by atoms with E-state index in [9.17, 15) is 0 Å². The maximum absolute atomic E-state index is 6.21. The Labute approximate surface area is 111 Å². The summed E-state index contributed by atoms with van der Waals surface area (Å²) in [5.41, 5.74) is 7.06. The summed E-state index contributed by atoms with van der Waals surface area (Å²) in [7, 11) is 0. The van der Waals surface area contributed by atoms with Crippen molar-refractivity contribution in [3.05, 3.63) is 29.4 Å². The van der Waals surface area contributed by atoms with Gasteiger partial charge in [-0.15, -0.1) is 0 Å². The highest BCUT2D eigenvalue weighted by Crippen LogP contribution is 2.34. The Hall–Kier alpha value is -1.52. The second kappa shape index (κ2) is 4.63. The molecule has 0 unspecified atom stereocenters. The summed E-state index contributed by atoms with van der Waals surface area (Å²) >= 11 is 6.21. The highest BCUT2D eigenvalue weighted by Gasteiger charge is 2.17. The minimum atomic E-state index is 0.576. The number of aromatic nitrogens is 1. The number of hydrogen-bond donors (Lipinski definition) is 2. The molecule has 2 heterocycles. The molecule has 0 atom stereocenters. The fourth-order valence-corrected chi connectivity index (χ4v) is 2.65. The minimum Gasteiger partial charge on any atom is -0.382 e. The zero-order valence-electron chi connectivity index (χ0n) is 9.99. The van der Waals surface area contributed by atoms with Gasteiger partial charge in [0.1, 0.15) is 5.82 Å². The average Bonchev–Trinajstić information content (AvgIpc) is 2.40. The fourth-order valence-electron chi connectivity index (χ4n) is 2.43. The number of nitrogen functional groups attached to an aromatic ring is 1. The third-order valence-electron chi connectivity index (χ3n) is 3.32. The molecular weight excluding hydrogens is 248 g/mol. The predicted molar refractivity (Wildman–Crippen MR) is 76.2 cm³/mol. The Morgan fingerprint density at radius 1 is 1.22 bits per heavy atom. The van der Waals surface area contributed by atoms with Crippen molar-refractivity contribution in [2.75, 3.05) is 36.8 Å². The largest absolute Gasteiger partial charge is 0.382 e. The maximum Gasteiger partial charge on any atom is 0.147 e. The van der Waals surface area contributed by atoms with E-state index < -0.39 is 0 Å². The molecule has 0 bridgehead atoms. The molecule has 0 saturated carbocycles. The van der Waals surface area contributed by atoms with E-state index in [0.717, 1.165) is 47.7 Å². The molecule has 0 radical (unpaired) electrons. The number of anilines is 2. The third kappa shape index (κ3) is 1.87. The number of hydrogen-bond acceptors (Lipinski definition) is 4. The van der Waals surface area contributed by atoms with E-state index in [2.05, 4.69) is 21.3 Å². The van der Waals surface area contributed by atoms with Crippen LogP contribution in [0.25, 0.3) is 10.8 Å². The van der Waals surface area contributed by atoms with Crippen molar-refractivity contribution in [1.82, 2.24) is 10.3 Å². The molecule has 0 amide bonds. The summed E-state index contributed by atoms with van der Waals surface area (Å²) in [6, 6.07) is 5.88. The Balaban J connectivity index is 2.19. The predicted octanol–water partition coefficient (Wildman–Crippen LogP) is 1.88. The van der Waals surface area contributed by atoms with E-state index in [0.29, 0.717) is 5.82 Å². The van der Waals surface area contributed by atoms with Gasteiger partial charge in [0, 0.05) is 43.1 Å². The van der Waals surface area contributed by atoms with Crippen LogP contribution in [-0.2, 0) is 0 Å². The Morgan fingerprint density at radius 2 is 2.00 bits per heavy atom. The minimum absolute atomic E-state index is 0.576. The van der Waals surface area contributed by atoms with Gasteiger partial charge in [0.15, 0.2) is 0 Å². The first kappa shape index (κ1) is 11.6. The van der Waals surface area contributed by atoms with Gasteiger partial charge < -0.3 is 16.0 Å². The van der Waals surface area contributed by atoms with Gasteiger partial charge >= 0.3 is 0 Å². The highest BCUT2D eigenvalue weighted by atomic mass is 35.5. The molecule has 1 fully saturated rings. The van der Waals surface area contributed by atoms with Crippen LogP contribution in [0, 0.1) is 0 Å². The molecule has 3 N–H and O–H groups in total. The van der Waals surface area contributed by atoms with E-state index >= 15 is 0 Å². The number of nitrogens with zero attached hydrogens (tertiary/aromatic N) is 2. The van der Waals surface area contributed by atoms with Crippen molar-refractivity contribution >= 4 is 33.9 Å². The van der Waals surface area contributed by atoms with Crippen LogP contribution >= 0.6 is 11.6 Å². The molecule has 4 nitrogen and oxygen atoms in total. The van der Waals surface area contributed by atoms with Gasteiger partial charge in [-0.1, -0.05) is 23.7 Å². The summed E-state index contributed by atoms with van der Waals surface area (Å²) in [6.07, 6.45) is 1.75. The van der Waals surface area contributed by atoms with Crippen molar-refractivity contribution in [2.45, 2.75) is 0 Å². The van der Waals surface area contributed by atoms with E-state index in [1.165, 1.54) is 0 Å². The number of fused-ring (bicyclic) bond motifs is 1. The first-order valence-electron chi connectivity index (χ1n) is 6.06. The van der Waals surface area contributed by atoms with Gasteiger partial charge in [-0.2, -0.15) is 0 Å². The number of nitrogens with two attached hydrogens (primary N) is 1. The van der Waals surface area contributed by atoms with E-state index in [1.807, 2.05) is 12.1 Å². The zero-order chi connectivity index (χ0) is 12.5. The van der Waals surface area contributed by atoms with Crippen molar-refractivity contribution in [3.8, 4) is 0 Å². The zero-order valence-corrected chi connectivity index (χ0v) is 10.7. The monoisotopic (exact) mass is 262 g/mol. The van der Waals surface area contributed by atoms with Crippen molar-refractivity contribution in [3.63, 3.8) is 0 Å². The molecule has 1 aromatic heterocycles. The normalized spacial score (nSPS) is 16.2. The van der Waals surface area contributed by atoms with E-state index in [-0.39, 0.29) is 0 Å². The van der Waals surface area contributed by atoms with Crippen LogP contribution in [0.15, 0.2) is 24.4 Å². The van der Waals surface area contributed by atoms with Crippen LogP contribution in [0.4, 0.5) is 11.5 Å². The van der Waals surface area contributed by atoms with Crippen molar-refractivity contribution in [1.29, 1.82) is 0 Å². The molecule has 1 aliphatic rings. The number of halogens is 1. The molecule has 1 saturated heterocycles. The van der Waals surface area contributed by atoms with Crippen molar-refractivity contribution < 1.29 is 0 Å². The molecular formula is C13H15ClN4. The second-order valence-electron chi connectivity index (χ2n) is 4.43. The van der Waals surface area contributed by atoms with Crippen LogP contribution in [0.5, 0.6) is 0 Å². The lowest BCUT2D eigenvalue weighted by molar-refractivity contribution is 0.590. The first-order valence-corrected chi connectivity index (χ1v) is 6.43. The summed E-state index contributed by atoms with van der Waals surface area (Å²) < 4.78 is 0. The summed E-state index contributed by atoms with van der Waals surface area (Å²) in [6.45, 7) is 3.82. The maximum atomic E-state index is 6.21. The Bertz CT molecular complexity index is 578. The van der Waals surface area contributed by atoms with Crippen LogP contribution < -0.4 is 16.0 Å². The van der Waals surface area contributed by atoms with Gasteiger partial charge in [0.25, 0.3) is 0 Å². The van der Waals surface area contributed by atoms with E-state index in [1.54, 1.807) is 6.20 Å². The lowest BCUT2D eigenvalue weighted by Crippen LogP contribution is -2.44. The molecule has 2 aromatic rings. The van der Waals surface area contributed by atoms with E-state index in [4.69, 9.17) is 17.3 Å². The molecule has 3 rings (SSSR count). The van der Waals surface area contributed by atoms with Gasteiger partial charge in [-0.25, -0.2) is 4.98 Å².